The molecule has 2 aromatic rings. The molecular weight excluding hydrogens is 262 g/mol. The van der Waals surface area contributed by atoms with E-state index >= 15 is 0 Å². The number of primary amides is 1. The SMILES string of the molecule is NC(=O)OCCn1c(=S)[nH]c2ccc(Cl)cc21. The number of fused-ring (bicyclic) bond motifs is 1. The molecule has 0 unspecified atom stereocenters. The number of nitrogens with two attached hydrogens (primary N) is 1. The van der Waals surface area contributed by atoms with Crippen LogP contribution >= 0.6 is 23.8 Å². The highest BCUT2D eigenvalue weighted by Gasteiger charge is 2.05. The standard InChI is InChI=1S/C10H10ClN3O2S/c11-6-1-2-7-8(5-6)14(10(17)13-7)3-4-16-9(12)15/h1-2,5H,3-4H2,(H2,12,15)(H,13,17). The fraction of sp³-hybridized carbons (Fsp3) is 0.200. The maximum absolute atomic E-state index is 10.5. The van der Waals surface area contributed by atoms with Crippen LogP contribution in [0.1, 0.15) is 0 Å². The number of rotatable bonds is 3. The Bertz CT molecular complexity index is 620. The minimum Gasteiger partial charge on any atom is -0.448 e. The molecule has 90 valence electrons. The summed E-state index contributed by atoms with van der Waals surface area (Å²) in [5.41, 5.74) is 6.64. The molecule has 1 heterocycles. The molecule has 0 fully saturated rings. The number of imidazole rings is 1. The van der Waals surface area contributed by atoms with Gasteiger partial charge in [0.25, 0.3) is 0 Å². The Morgan fingerprint density at radius 3 is 3.06 bits per heavy atom. The lowest BCUT2D eigenvalue weighted by Gasteiger charge is -2.04. The molecule has 0 aliphatic heterocycles. The fourth-order valence-corrected chi connectivity index (χ4v) is 2.05. The second kappa shape index (κ2) is 4.77. The molecule has 0 bridgehead atoms. The summed E-state index contributed by atoms with van der Waals surface area (Å²) in [7, 11) is 0. The second-order valence-electron chi connectivity index (χ2n) is 3.41. The first-order chi connectivity index (χ1) is 8.08. The van der Waals surface area contributed by atoms with Crippen LogP contribution in [-0.4, -0.2) is 22.3 Å². The molecule has 5 nitrogen and oxygen atoms in total. The Kier molecular flexibility index (Phi) is 3.35. The number of hydrogen-bond donors (Lipinski definition) is 2. The first-order valence-electron chi connectivity index (χ1n) is 4.88. The molecule has 0 atom stereocenters. The summed E-state index contributed by atoms with van der Waals surface area (Å²) in [5, 5.41) is 0.621. The normalized spacial score (nSPS) is 10.6. The molecule has 7 heteroatoms. The zero-order valence-electron chi connectivity index (χ0n) is 8.77. The number of hydrogen-bond acceptors (Lipinski definition) is 3. The van der Waals surface area contributed by atoms with E-state index in [0.717, 1.165) is 11.0 Å². The Balaban J connectivity index is 2.32. The highest BCUT2D eigenvalue weighted by atomic mass is 35.5. The lowest BCUT2D eigenvalue weighted by atomic mass is 10.3. The van der Waals surface area contributed by atoms with E-state index in [1.165, 1.54) is 0 Å². The summed E-state index contributed by atoms with van der Waals surface area (Å²) in [5.74, 6) is 0. The third-order valence-corrected chi connectivity index (χ3v) is 2.85. The van der Waals surface area contributed by atoms with Crippen LogP contribution in [0, 0.1) is 4.77 Å². The van der Waals surface area contributed by atoms with Crippen LogP contribution < -0.4 is 5.73 Å². The highest BCUT2D eigenvalue weighted by Crippen LogP contribution is 2.19. The Labute approximate surface area is 107 Å². The second-order valence-corrected chi connectivity index (χ2v) is 4.23. The van der Waals surface area contributed by atoms with E-state index in [1.54, 1.807) is 16.7 Å². The Morgan fingerprint density at radius 2 is 2.35 bits per heavy atom. The number of nitrogens with one attached hydrogen (secondary N) is 1. The third-order valence-electron chi connectivity index (χ3n) is 2.30. The summed E-state index contributed by atoms with van der Waals surface area (Å²) in [6.45, 7) is 0.602. The van der Waals surface area contributed by atoms with Crippen molar-refractivity contribution in [2.45, 2.75) is 6.54 Å². The molecule has 0 saturated heterocycles. The van der Waals surface area contributed by atoms with Gasteiger partial charge < -0.3 is 20.0 Å². The van der Waals surface area contributed by atoms with Crippen molar-refractivity contribution in [3.63, 3.8) is 0 Å². The van der Waals surface area contributed by atoms with Gasteiger partial charge in [0.15, 0.2) is 4.77 Å². The van der Waals surface area contributed by atoms with Crippen LogP contribution in [0.5, 0.6) is 0 Å². The molecule has 1 aromatic carbocycles. The Hall–Kier alpha value is -1.53. The van der Waals surface area contributed by atoms with Crippen LogP contribution in [0.2, 0.25) is 5.02 Å². The maximum Gasteiger partial charge on any atom is 0.404 e. The van der Waals surface area contributed by atoms with Gasteiger partial charge in [-0.25, -0.2) is 4.79 Å². The number of halogens is 1. The summed E-state index contributed by atoms with van der Waals surface area (Å²) in [6, 6.07) is 5.42. The van der Waals surface area contributed by atoms with E-state index in [2.05, 4.69) is 9.72 Å². The number of aromatic nitrogens is 2. The quantitative estimate of drug-likeness (QED) is 0.842. The van der Waals surface area contributed by atoms with E-state index in [9.17, 15) is 4.79 Å². The molecule has 0 radical (unpaired) electrons. The van der Waals surface area contributed by atoms with Crippen LogP contribution in [0.25, 0.3) is 11.0 Å². The number of ether oxygens (including phenoxy) is 1. The first kappa shape index (κ1) is 11.9. The van der Waals surface area contributed by atoms with E-state index in [0.29, 0.717) is 16.3 Å². The minimum absolute atomic E-state index is 0.170. The Morgan fingerprint density at radius 1 is 1.59 bits per heavy atom. The molecule has 3 N–H and O–H groups in total. The van der Waals surface area contributed by atoms with Crippen molar-refractivity contribution in [1.82, 2.24) is 9.55 Å². The molecule has 0 aliphatic rings. The smallest absolute Gasteiger partial charge is 0.404 e. The number of H-pyrrole nitrogens is 1. The molecule has 17 heavy (non-hydrogen) atoms. The molecule has 0 spiro atoms. The topological polar surface area (TPSA) is 73.0 Å². The van der Waals surface area contributed by atoms with E-state index in [1.807, 2.05) is 6.07 Å². The van der Waals surface area contributed by atoms with Crippen molar-refractivity contribution < 1.29 is 9.53 Å². The van der Waals surface area contributed by atoms with Crippen LogP contribution in [-0.2, 0) is 11.3 Å². The number of amides is 1. The molecular formula is C10H10ClN3O2S. The number of nitrogens with zero attached hydrogens (tertiary/aromatic N) is 1. The molecule has 2 rings (SSSR count). The van der Waals surface area contributed by atoms with Gasteiger partial charge >= 0.3 is 6.09 Å². The van der Waals surface area contributed by atoms with Crippen molar-refractivity contribution in [2.75, 3.05) is 6.61 Å². The third kappa shape index (κ3) is 2.59. The van der Waals surface area contributed by atoms with Crippen molar-refractivity contribution >= 4 is 40.9 Å². The monoisotopic (exact) mass is 271 g/mol. The van der Waals surface area contributed by atoms with Gasteiger partial charge in [-0.3, -0.25) is 0 Å². The average molecular weight is 272 g/mol. The minimum atomic E-state index is -0.797. The average Bonchev–Trinajstić information content (AvgIpc) is 2.55. The largest absolute Gasteiger partial charge is 0.448 e. The number of aromatic amines is 1. The summed E-state index contributed by atoms with van der Waals surface area (Å²) < 4.78 is 7.03. The van der Waals surface area contributed by atoms with Crippen LogP contribution in [0.3, 0.4) is 0 Å². The van der Waals surface area contributed by atoms with Crippen LogP contribution in [0.15, 0.2) is 18.2 Å². The lowest BCUT2D eigenvalue weighted by molar-refractivity contribution is 0.152. The zero-order chi connectivity index (χ0) is 12.4. The summed E-state index contributed by atoms with van der Waals surface area (Å²) in [4.78, 5) is 13.5. The van der Waals surface area contributed by atoms with Crippen molar-refractivity contribution in [2.24, 2.45) is 5.73 Å². The molecule has 1 aromatic heterocycles. The van der Waals surface area contributed by atoms with Gasteiger partial charge in [0, 0.05) is 5.02 Å². The van der Waals surface area contributed by atoms with E-state index < -0.39 is 6.09 Å². The predicted octanol–water partition coefficient (Wildman–Crippen LogP) is 2.45. The molecule has 0 saturated carbocycles. The van der Waals surface area contributed by atoms with Gasteiger partial charge in [0.1, 0.15) is 6.61 Å². The maximum atomic E-state index is 10.5. The van der Waals surface area contributed by atoms with Gasteiger partial charge in [0.05, 0.1) is 17.6 Å². The van der Waals surface area contributed by atoms with E-state index in [-0.39, 0.29) is 6.61 Å². The first-order valence-corrected chi connectivity index (χ1v) is 5.67. The lowest BCUT2D eigenvalue weighted by Crippen LogP contribution is -2.16. The number of benzene rings is 1. The predicted molar refractivity (Wildman–Crippen MR) is 67.7 cm³/mol. The molecule has 1 amide bonds. The summed E-state index contributed by atoms with van der Waals surface area (Å²) in [6.07, 6.45) is -0.797. The van der Waals surface area contributed by atoms with Gasteiger partial charge in [-0.15, -0.1) is 0 Å². The molecule has 0 aliphatic carbocycles. The van der Waals surface area contributed by atoms with E-state index in [4.69, 9.17) is 29.6 Å². The van der Waals surface area contributed by atoms with Gasteiger partial charge in [0.2, 0.25) is 0 Å². The van der Waals surface area contributed by atoms with Crippen molar-refractivity contribution in [3.8, 4) is 0 Å². The fourth-order valence-electron chi connectivity index (χ4n) is 1.59. The zero-order valence-corrected chi connectivity index (χ0v) is 10.3. The highest BCUT2D eigenvalue weighted by molar-refractivity contribution is 7.71. The van der Waals surface area contributed by atoms with Crippen molar-refractivity contribution in [3.05, 3.63) is 28.0 Å². The number of carbonyl (C=O) groups excluding carboxylic acids is 1. The summed E-state index contributed by atoms with van der Waals surface area (Å²) >= 11 is 11.1. The van der Waals surface area contributed by atoms with Gasteiger partial charge in [-0.05, 0) is 30.4 Å². The van der Waals surface area contributed by atoms with Crippen molar-refractivity contribution in [1.29, 1.82) is 0 Å². The van der Waals surface area contributed by atoms with Crippen LogP contribution in [0.4, 0.5) is 4.79 Å². The van der Waals surface area contributed by atoms with Gasteiger partial charge in [-0.2, -0.15) is 0 Å². The number of carbonyl (C=O) groups is 1. The van der Waals surface area contributed by atoms with Gasteiger partial charge in [-0.1, -0.05) is 11.6 Å².